The molecule has 0 spiro atoms. The number of rotatable bonds is 9. The number of fused-ring (bicyclic) bond motifs is 1. The first-order chi connectivity index (χ1) is 19.9. The van der Waals surface area contributed by atoms with E-state index in [0.29, 0.717) is 35.6 Å². The summed E-state index contributed by atoms with van der Waals surface area (Å²) in [7, 11) is 0. The maximum atomic E-state index is 13.1. The van der Waals surface area contributed by atoms with Crippen LogP contribution < -0.4 is 19.9 Å². The third-order valence-electron chi connectivity index (χ3n) is 7.03. The Morgan fingerprint density at radius 2 is 1.80 bits per heavy atom. The number of anilines is 1. The molecular formula is C31H26F2N4O4. The molecule has 0 unspecified atom stereocenters. The van der Waals surface area contributed by atoms with Crippen molar-refractivity contribution in [3.05, 3.63) is 107 Å². The molecule has 1 amide bonds. The van der Waals surface area contributed by atoms with Crippen molar-refractivity contribution >= 4 is 22.6 Å². The minimum Gasteiger partial charge on any atom is -0.486 e. The van der Waals surface area contributed by atoms with E-state index in [1.54, 1.807) is 35.4 Å². The van der Waals surface area contributed by atoms with Crippen molar-refractivity contribution in [3.8, 4) is 22.6 Å². The van der Waals surface area contributed by atoms with Gasteiger partial charge in [0.25, 0.3) is 0 Å². The summed E-state index contributed by atoms with van der Waals surface area (Å²) in [5, 5.41) is 0. The lowest BCUT2D eigenvalue weighted by molar-refractivity contribution is -0.117. The monoisotopic (exact) mass is 556 g/mol. The van der Waals surface area contributed by atoms with Gasteiger partial charge in [0.2, 0.25) is 11.5 Å². The molecule has 1 N–H and O–H groups in total. The number of para-hydroxylation sites is 1. The molecule has 1 aliphatic heterocycles. The molecule has 2 aromatic heterocycles. The second kappa shape index (κ2) is 11.2. The van der Waals surface area contributed by atoms with Crippen LogP contribution in [0.2, 0.25) is 0 Å². The van der Waals surface area contributed by atoms with Gasteiger partial charge in [0.1, 0.15) is 23.9 Å². The first-order valence-electron chi connectivity index (χ1n) is 13.2. The number of aromatic nitrogens is 3. The van der Waals surface area contributed by atoms with Crippen molar-refractivity contribution in [2.45, 2.75) is 32.6 Å². The van der Waals surface area contributed by atoms with Gasteiger partial charge >= 0.3 is 6.61 Å². The van der Waals surface area contributed by atoms with Gasteiger partial charge in [-0.25, -0.2) is 4.98 Å². The highest BCUT2D eigenvalue weighted by atomic mass is 19.3. The molecule has 0 bridgehead atoms. The largest absolute Gasteiger partial charge is 0.486 e. The lowest BCUT2D eigenvalue weighted by Crippen LogP contribution is -2.23. The molecule has 1 fully saturated rings. The van der Waals surface area contributed by atoms with Crippen LogP contribution in [0, 0.1) is 0 Å². The normalized spacial score (nSPS) is 13.3. The fourth-order valence-corrected chi connectivity index (χ4v) is 5.05. The fourth-order valence-electron chi connectivity index (χ4n) is 5.05. The average Bonchev–Trinajstić information content (AvgIpc) is 3.56. The standard InChI is InChI=1S/C31H26F2N4O4/c32-31(33)41-27-8-2-1-5-22(27)18-37-26-15-20(21-11-13-29(38)34-17-21)10-12-25(26)35-28(37)19-40-24-7-3-6-23(16-24)36-14-4-9-30(36)39/h1-3,5-8,10-13,15-17,31H,4,9,14,18-19H2,(H,34,38). The van der Waals surface area contributed by atoms with Crippen LogP contribution >= 0.6 is 0 Å². The smallest absolute Gasteiger partial charge is 0.387 e. The van der Waals surface area contributed by atoms with E-state index in [1.165, 1.54) is 12.1 Å². The highest BCUT2D eigenvalue weighted by Crippen LogP contribution is 2.30. The number of benzene rings is 3. The Hall–Kier alpha value is -4.99. The minimum absolute atomic E-state index is 0.0796. The van der Waals surface area contributed by atoms with Crippen molar-refractivity contribution in [2.24, 2.45) is 0 Å². The lowest BCUT2D eigenvalue weighted by Gasteiger charge is -2.17. The summed E-state index contributed by atoms with van der Waals surface area (Å²) in [5.41, 5.74) is 4.25. The second-order valence-electron chi connectivity index (χ2n) is 9.68. The van der Waals surface area contributed by atoms with E-state index in [0.717, 1.165) is 28.8 Å². The summed E-state index contributed by atoms with van der Waals surface area (Å²) in [6, 6.07) is 22.9. The number of halogens is 2. The van der Waals surface area contributed by atoms with E-state index < -0.39 is 6.61 Å². The molecule has 0 aliphatic carbocycles. The number of carbonyl (C=O) groups excluding carboxylic acids is 1. The van der Waals surface area contributed by atoms with Gasteiger partial charge in [0.05, 0.1) is 17.6 Å². The summed E-state index contributed by atoms with van der Waals surface area (Å²) in [6.45, 7) is -1.98. The number of imidazole rings is 1. The molecular weight excluding hydrogens is 530 g/mol. The number of hydrogen-bond acceptors (Lipinski definition) is 5. The number of pyridine rings is 1. The van der Waals surface area contributed by atoms with Crippen molar-refractivity contribution in [3.63, 3.8) is 0 Å². The predicted octanol–water partition coefficient (Wildman–Crippen LogP) is 5.75. The number of hydrogen-bond donors (Lipinski definition) is 1. The third kappa shape index (κ3) is 5.67. The number of aromatic amines is 1. The van der Waals surface area contributed by atoms with Crippen LogP contribution in [0.3, 0.4) is 0 Å². The van der Waals surface area contributed by atoms with Crippen molar-refractivity contribution in [1.29, 1.82) is 0 Å². The Kier molecular flexibility index (Phi) is 7.20. The molecule has 3 heterocycles. The molecule has 8 nitrogen and oxygen atoms in total. The molecule has 5 aromatic rings. The predicted molar refractivity (Wildman–Crippen MR) is 150 cm³/mol. The van der Waals surface area contributed by atoms with E-state index in [4.69, 9.17) is 14.5 Å². The third-order valence-corrected chi connectivity index (χ3v) is 7.03. The Morgan fingerprint density at radius 3 is 2.59 bits per heavy atom. The van der Waals surface area contributed by atoms with Crippen LogP contribution in [0.5, 0.6) is 11.5 Å². The summed E-state index contributed by atoms with van der Waals surface area (Å²) in [6.07, 6.45) is 3.00. The maximum Gasteiger partial charge on any atom is 0.387 e. The topological polar surface area (TPSA) is 89.5 Å². The maximum absolute atomic E-state index is 13.1. The molecule has 1 saturated heterocycles. The summed E-state index contributed by atoms with van der Waals surface area (Å²) in [5.74, 6) is 1.33. The molecule has 0 radical (unpaired) electrons. The van der Waals surface area contributed by atoms with E-state index in [1.807, 2.05) is 47.0 Å². The Balaban J connectivity index is 1.37. The average molecular weight is 557 g/mol. The van der Waals surface area contributed by atoms with E-state index in [-0.39, 0.29) is 30.4 Å². The van der Waals surface area contributed by atoms with Crippen LogP contribution in [-0.4, -0.2) is 33.6 Å². The lowest BCUT2D eigenvalue weighted by atomic mass is 10.1. The zero-order chi connectivity index (χ0) is 28.3. The first kappa shape index (κ1) is 26.2. The minimum atomic E-state index is -2.96. The first-order valence-corrected chi connectivity index (χ1v) is 13.2. The van der Waals surface area contributed by atoms with E-state index >= 15 is 0 Å². The van der Waals surface area contributed by atoms with E-state index in [9.17, 15) is 18.4 Å². The molecule has 10 heteroatoms. The Bertz CT molecular complexity index is 1760. The van der Waals surface area contributed by atoms with Crippen LogP contribution in [0.15, 0.2) is 89.9 Å². The van der Waals surface area contributed by atoms with Crippen molar-refractivity contribution in [1.82, 2.24) is 14.5 Å². The quantitative estimate of drug-likeness (QED) is 0.250. The van der Waals surface area contributed by atoms with Gasteiger partial charge < -0.3 is 23.9 Å². The molecule has 3 aromatic carbocycles. The number of nitrogens with one attached hydrogen (secondary N) is 1. The highest BCUT2D eigenvalue weighted by Gasteiger charge is 2.22. The van der Waals surface area contributed by atoms with Crippen LogP contribution in [0.1, 0.15) is 24.2 Å². The summed E-state index contributed by atoms with van der Waals surface area (Å²) >= 11 is 0. The fraction of sp³-hybridized carbons (Fsp3) is 0.194. The molecule has 0 atom stereocenters. The van der Waals surface area contributed by atoms with Gasteiger partial charge in [-0.05, 0) is 53.9 Å². The van der Waals surface area contributed by atoms with Crippen LogP contribution in [-0.2, 0) is 17.9 Å². The molecule has 41 heavy (non-hydrogen) atoms. The highest BCUT2D eigenvalue weighted by molar-refractivity contribution is 5.95. The van der Waals surface area contributed by atoms with Gasteiger partial charge in [0, 0.05) is 42.5 Å². The second-order valence-corrected chi connectivity index (χ2v) is 9.68. The summed E-state index contributed by atoms with van der Waals surface area (Å²) < 4.78 is 39.1. The number of alkyl halides is 2. The number of ether oxygens (including phenoxy) is 2. The molecule has 208 valence electrons. The number of H-pyrrole nitrogens is 1. The van der Waals surface area contributed by atoms with Gasteiger partial charge in [-0.15, -0.1) is 0 Å². The number of carbonyl (C=O) groups is 1. The van der Waals surface area contributed by atoms with Gasteiger partial charge in [-0.1, -0.05) is 30.3 Å². The van der Waals surface area contributed by atoms with Crippen molar-refractivity contribution < 1.29 is 23.0 Å². The van der Waals surface area contributed by atoms with Gasteiger partial charge in [-0.2, -0.15) is 8.78 Å². The van der Waals surface area contributed by atoms with Crippen LogP contribution in [0.4, 0.5) is 14.5 Å². The summed E-state index contributed by atoms with van der Waals surface area (Å²) in [4.78, 5) is 33.0. The number of nitrogens with zero attached hydrogens (tertiary/aromatic N) is 3. The molecule has 6 rings (SSSR count). The van der Waals surface area contributed by atoms with Crippen LogP contribution in [0.25, 0.3) is 22.2 Å². The zero-order valence-electron chi connectivity index (χ0n) is 21.9. The SMILES string of the molecule is O=C1CCCN1c1cccc(OCc2nc3ccc(-c4ccc(=O)[nH]c4)cc3n2Cc2ccccc2OC(F)F)c1. The van der Waals surface area contributed by atoms with E-state index in [2.05, 4.69) is 4.98 Å². The molecule has 1 aliphatic rings. The number of amides is 1. The van der Waals surface area contributed by atoms with Crippen molar-refractivity contribution in [2.75, 3.05) is 11.4 Å². The Morgan fingerprint density at radius 1 is 0.951 bits per heavy atom. The molecule has 0 saturated carbocycles. The van der Waals surface area contributed by atoms with Gasteiger partial charge in [-0.3, -0.25) is 9.59 Å². The Labute approximate surface area is 233 Å². The van der Waals surface area contributed by atoms with Gasteiger partial charge in [0.15, 0.2) is 0 Å². The zero-order valence-corrected chi connectivity index (χ0v) is 21.9.